The number of carbonyl (C=O) groups excluding carboxylic acids is 1. The summed E-state index contributed by atoms with van der Waals surface area (Å²) in [7, 11) is 0. The third kappa shape index (κ3) is 1.55. The lowest BCUT2D eigenvalue weighted by Gasteiger charge is -2.31. The minimum Gasteiger partial charge on any atom is -0.438 e. The summed E-state index contributed by atoms with van der Waals surface area (Å²) in [4.78, 5) is 13.0. The molecule has 1 aliphatic heterocycles. The molecular formula is C13H17NO2. The van der Waals surface area contributed by atoms with Crippen molar-refractivity contribution in [1.82, 2.24) is 0 Å². The molecule has 0 amide bonds. The molecule has 1 saturated heterocycles. The number of anilines is 1. The van der Waals surface area contributed by atoms with Crippen molar-refractivity contribution in [3.63, 3.8) is 0 Å². The molecule has 0 aromatic carbocycles. The van der Waals surface area contributed by atoms with Gasteiger partial charge in [-0.15, -0.1) is 0 Å². The van der Waals surface area contributed by atoms with Gasteiger partial charge in [-0.2, -0.15) is 0 Å². The van der Waals surface area contributed by atoms with Crippen LogP contribution in [-0.2, 0) is 0 Å². The molecule has 1 saturated carbocycles. The van der Waals surface area contributed by atoms with Crippen LogP contribution in [0.25, 0.3) is 0 Å². The van der Waals surface area contributed by atoms with Crippen LogP contribution in [0.15, 0.2) is 16.5 Å². The first kappa shape index (κ1) is 9.94. The van der Waals surface area contributed by atoms with Crippen LogP contribution >= 0.6 is 0 Å². The summed E-state index contributed by atoms with van der Waals surface area (Å²) in [6.07, 6.45) is 7.41. The van der Waals surface area contributed by atoms with Crippen molar-refractivity contribution in [3.8, 4) is 0 Å². The fraction of sp³-hybridized carbons (Fsp3) is 0.615. The van der Waals surface area contributed by atoms with E-state index in [1.165, 1.54) is 32.1 Å². The van der Waals surface area contributed by atoms with Crippen molar-refractivity contribution in [3.05, 3.63) is 17.9 Å². The molecule has 2 fully saturated rings. The Balaban J connectivity index is 1.81. The Labute approximate surface area is 95.4 Å². The van der Waals surface area contributed by atoms with Crippen molar-refractivity contribution in [2.24, 2.45) is 5.92 Å². The van der Waals surface area contributed by atoms with E-state index in [0.717, 1.165) is 24.6 Å². The quantitative estimate of drug-likeness (QED) is 0.717. The van der Waals surface area contributed by atoms with Crippen LogP contribution in [0.4, 0.5) is 5.88 Å². The van der Waals surface area contributed by atoms with Crippen LogP contribution in [0.2, 0.25) is 0 Å². The Morgan fingerprint density at radius 1 is 1.25 bits per heavy atom. The second-order valence-electron chi connectivity index (χ2n) is 4.89. The van der Waals surface area contributed by atoms with E-state index >= 15 is 0 Å². The molecule has 2 heterocycles. The van der Waals surface area contributed by atoms with Gasteiger partial charge in [0.15, 0.2) is 17.9 Å². The fourth-order valence-electron chi connectivity index (χ4n) is 3.24. The Hall–Kier alpha value is -1.25. The molecule has 0 bridgehead atoms. The summed E-state index contributed by atoms with van der Waals surface area (Å²) < 4.78 is 5.52. The van der Waals surface area contributed by atoms with Crippen LogP contribution in [0.1, 0.15) is 42.7 Å². The molecule has 86 valence electrons. The summed E-state index contributed by atoms with van der Waals surface area (Å²) in [5, 5.41) is 0. The van der Waals surface area contributed by atoms with E-state index in [1.807, 2.05) is 6.07 Å². The molecule has 2 atom stereocenters. The third-order valence-electron chi connectivity index (χ3n) is 4.02. The van der Waals surface area contributed by atoms with Gasteiger partial charge < -0.3 is 9.32 Å². The van der Waals surface area contributed by atoms with Gasteiger partial charge in [-0.3, -0.25) is 4.79 Å². The SMILES string of the molecule is O=Cc1ccc(N2CCC3CCCCC32)o1. The second kappa shape index (κ2) is 3.96. The topological polar surface area (TPSA) is 33.5 Å². The number of rotatable bonds is 2. The first-order valence-corrected chi connectivity index (χ1v) is 6.20. The summed E-state index contributed by atoms with van der Waals surface area (Å²) in [6, 6.07) is 4.35. The van der Waals surface area contributed by atoms with E-state index < -0.39 is 0 Å². The molecule has 1 aromatic rings. The zero-order valence-corrected chi connectivity index (χ0v) is 9.39. The van der Waals surface area contributed by atoms with Crippen molar-refractivity contribution in [2.45, 2.75) is 38.1 Å². The normalized spacial score (nSPS) is 29.1. The van der Waals surface area contributed by atoms with Crippen LogP contribution in [0.3, 0.4) is 0 Å². The Bertz CT molecular complexity index is 385. The van der Waals surface area contributed by atoms with Crippen molar-refractivity contribution in [1.29, 1.82) is 0 Å². The predicted molar refractivity (Wildman–Crippen MR) is 61.8 cm³/mol. The van der Waals surface area contributed by atoms with Gasteiger partial charge in [-0.25, -0.2) is 0 Å². The van der Waals surface area contributed by atoms with Gasteiger partial charge in [0, 0.05) is 18.7 Å². The highest BCUT2D eigenvalue weighted by Crippen LogP contribution is 2.39. The average molecular weight is 219 g/mol. The minimum atomic E-state index is 0.439. The number of hydrogen-bond acceptors (Lipinski definition) is 3. The second-order valence-corrected chi connectivity index (χ2v) is 4.89. The Morgan fingerprint density at radius 3 is 2.94 bits per heavy atom. The molecule has 3 heteroatoms. The summed E-state index contributed by atoms with van der Waals surface area (Å²) in [5.41, 5.74) is 0. The van der Waals surface area contributed by atoms with E-state index in [4.69, 9.17) is 4.42 Å². The zero-order valence-electron chi connectivity index (χ0n) is 9.39. The van der Waals surface area contributed by atoms with Gasteiger partial charge in [0.25, 0.3) is 0 Å². The van der Waals surface area contributed by atoms with Crippen molar-refractivity contribution >= 4 is 12.2 Å². The standard InChI is InChI=1S/C13H17NO2/c15-9-11-5-6-13(16-11)14-8-7-10-3-1-2-4-12(10)14/h5-6,9-10,12H,1-4,7-8H2. The lowest BCUT2D eigenvalue weighted by molar-refractivity contribution is 0.110. The maximum Gasteiger partial charge on any atom is 0.196 e. The minimum absolute atomic E-state index is 0.439. The van der Waals surface area contributed by atoms with E-state index in [1.54, 1.807) is 6.07 Å². The first-order valence-electron chi connectivity index (χ1n) is 6.20. The van der Waals surface area contributed by atoms with Gasteiger partial charge >= 0.3 is 0 Å². The molecule has 1 aliphatic carbocycles. The zero-order chi connectivity index (χ0) is 11.0. The Kier molecular flexibility index (Phi) is 2.46. The lowest BCUT2D eigenvalue weighted by Crippen LogP contribution is -2.34. The Morgan fingerprint density at radius 2 is 2.12 bits per heavy atom. The van der Waals surface area contributed by atoms with Crippen molar-refractivity contribution in [2.75, 3.05) is 11.4 Å². The van der Waals surface area contributed by atoms with Gasteiger partial charge in [0.05, 0.1) is 0 Å². The third-order valence-corrected chi connectivity index (χ3v) is 4.02. The van der Waals surface area contributed by atoms with Gasteiger partial charge in [-0.05, 0) is 31.2 Å². The number of furan rings is 1. The summed E-state index contributed by atoms with van der Waals surface area (Å²) in [6.45, 7) is 1.08. The monoisotopic (exact) mass is 219 g/mol. The number of nitrogens with zero attached hydrogens (tertiary/aromatic N) is 1. The molecule has 16 heavy (non-hydrogen) atoms. The molecule has 1 aromatic heterocycles. The highest BCUT2D eigenvalue weighted by atomic mass is 16.4. The first-order chi connectivity index (χ1) is 7.88. The lowest BCUT2D eigenvalue weighted by atomic mass is 9.85. The number of hydrogen-bond donors (Lipinski definition) is 0. The van der Waals surface area contributed by atoms with Gasteiger partial charge in [0.1, 0.15) is 0 Å². The highest BCUT2D eigenvalue weighted by molar-refractivity contribution is 5.71. The van der Waals surface area contributed by atoms with E-state index in [0.29, 0.717) is 11.8 Å². The molecular weight excluding hydrogens is 202 g/mol. The smallest absolute Gasteiger partial charge is 0.196 e. The van der Waals surface area contributed by atoms with Gasteiger partial charge in [0.2, 0.25) is 0 Å². The van der Waals surface area contributed by atoms with Crippen LogP contribution in [-0.4, -0.2) is 18.9 Å². The molecule has 3 nitrogen and oxygen atoms in total. The summed E-state index contributed by atoms with van der Waals surface area (Å²) in [5.74, 6) is 2.17. The molecule has 0 radical (unpaired) electrons. The molecule has 2 aliphatic rings. The van der Waals surface area contributed by atoms with Crippen LogP contribution in [0, 0.1) is 5.92 Å². The highest BCUT2D eigenvalue weighted by Gasteiger charge is 2.36. The van der Waals surface area contributed by atoms with E-state index in [-0.39, 0.29) is 0 Å². The predicted octanol–water partition coefficient (Wildman–Crippen LogP) is 2.86. The molecule has 0 N–H and O–H groups in total. The number of fused-ring (bicyclic) bond motifs is 1. The van der Waals surface area contributed by atoms with Gasteiger partial charge in [-0.1, -0.05) is 12.8 Å². The maximum absolute atomic E-state index is 10.6. The number of carbonyl (C=O) groups is 1. The average Bonchev–Trinajstić information content (AvgIpc) is 2.94. The maximum atomic E-state index is 10.6. The van der Waals surface area contributed by atoms with Crippen LogP contribution < -0.4 is 4.90 Å². The van der Waals surface area contributed by atoms with E-state index in [9.17, 15) is 4.79 Å². The number of aldehydes is 1. The molecule has 0 spiro atoms. The van der Waals surface area contributed by atoms with E-state index in [2.05, 4.69) is 4.90 Å². The van der Waals surface area contributed by atoms with Crippen molar-refractivity contribution < 1.29 is 9.21 Å². The molecule has 3 rings (SSSR count). The summed E-state index contributed by atoms with van der Waals surface area (Å²) >= 11 is 0. The molecule has 2 unspecified atom stereocenters. The largest absolute Gasteiger partial charge is 0.438 e. The van der Waals surface area contributed by atoms with Crippen LogP contribution in [0.5, 0.6) is 0 Å². The fourth-order valence-corrected chi connectivity index (χ4v) is 3.24.